The average molecular weight is 266 g/mol. The van der Waals surface area contributed by atoms with Gasteiger partial charge in [0.05, 0.1) is 0 Å². The Hall–Kier alpha value is -1.53. The van der Waals surface area contributed by atoms with Crippen molar-refractivity contribution in [1.82, 2.24) is 10.6 Å². The van der Waals surface area contributed by atoms with Crippen molar-refractivity contribution >= 4 is 46.6 Å². The summed E-state index contributed by atoms with van der Waals surface area (Å²) >= 11 is 6.27. The molecule has 2 N–H and O–H groups in total. The summed E-state index contributed by atoms with van der Waals surface area (Å²) in [6, 6.07) is 3.88. The SMILES string of the molecule is CCc1ccc(C=C2C(=O)NC(=S)NC2=O)s1. The van der Waals surface area contributed by atoms with E-state index in [9.17, 15) is 9.59 Å². The number of amides is 2. The van der Waals surface area contributed by atoms with E-state index in [4.69, 9.17) is 12.2 Å². The van der Waals surface area contributed by atoms with Crippen LogP contribution in [0.1, 0.15) is 16.7 Å². The van der Waals surface area contributed by atoms with Crippen molar-refractivity contribution in [3.8, 4) is 0 Å². The second kappa shape index (κ2) is 4.77. The van der Waals surface area contributed by atoms with Crippen LogP contribution in [0.15, 0.2) is 17.7 Å². The second-order valence-electron chi connectivity index (χ2n) is 3.45. The standard InChI is InChI=1S/C11H10N2O2S2/c1-2-6-3-4-7(17-6)5-8-9(14)12-11(16)13-10(8)15/h3-5H,2H2,1H3,(H2,12,13,14,15,16). The zero-order chi connectivity index (χ0) is 12.4. The Morgan fingerprint density at radius 2 is 1.94 bits per heavy atom. The summed E-state index contributed by atoms with van der Waals surface area (Å²) in [5.74, 6) is -0.907. The first-order valence-corrected chi connectivity index (χ1v) is 6.29. The van der Waals surface area contributed by atoms with Crippen LogP contribution in [0, 0.1) is 0 Å². The Bertz CT molecular complexity index is 509. The average Bonchev–Trinajstić information content (AvgIpc) is 2.71. The van der Waals surface area contributed by atoms with E-state index in [1.54, 1.807) is 17.4 Å². The van der Waals surface area contributed by atoms with Crippen LogP contribution in [0.4, 0.5) is 0 Å². The molecule has 1 aromatic heterocycles. The molecule has 1 saturated heterocycles. The van der Waals surface area contributed by atoms with Gasteiger partial charge in [0.2, 0.25) is 0 Å². The highest BCUT2D eigenvalue weighted by Gasteiger charge is 2.25. The van der Waals surface area contributed by atoms with Gasteiger partial charge in [0.1, 0.15) is 5.57 Å². The van der Waals surface area contributed by atoms with Gasteiger partial charge in [-0.15, -0.1) is 11.3 Å². The van der Waals surface area contributed by atoms with Crippen molar-refractivity contribution in [1.29, 1.82) is 0 Å². The monoisotopic (exact) mass is 266 g/mol. The summed E-state index contributed by atoms with van der Waals surface area (Å²) in [5, 5.41) is 4.85. The molecule has 6 heteroatoms. The molecule has 0 unspecified atom stereocenters. The highest BCUT2D eigenvalue weighted by atomic mass is 32.1. The maximum absolute atomic E-state index is 11.6. The van der Waals surface area contributed by atoms with Crippen molar-refractivity contribution in [2.24, 2.45) is 0 Å². The highest BCUT2D eigenvalue weighted by Crippen LogP contribution is 2.20. The van der Waals surface area contributed by atoms with Crippen LogP contribution >= 0.6 is 23.6 Å². The molecular formula is C11H10N2O2S2. The number of nitrogens with one attached hydrogen (secondary N) is 2. The summed E-state index contributed by atoms with van der Waals surface area (Å²) in [6.07, 6.45) is 2.52. The van der Waals surface area contributed by atoms with E-state index in [0.717, 1.165) is 11.3 Å². The van der Waals surface area contributed by atoms with Crippen molar-refractivity contribution < 1.29 is 9.59 Å². The molecular weight excluding hydrogens is 256 g/mol. The Morgan fingerprint density at radius 1 is 1.29 bits per heavy atom. The molecule has 0 aliphatic carbocycles. The second-order valence-corrected chi connectivity index (χ2v) is 5.06. The van der Waals surface area contributed by atoms with Crippen molar-refractivity contribution in [2.75, 3.05) is 0 Å². The predicted octanol–water partition coefficient (Wildman–Crippen LogP) is 1.22. The minimum absolute atomic E-state index is 0.0533. The lowest BCUT2D eigenvalue weighted by atomic mass is 10.2. The Morgan fingerprint density at radius 3 is 2.47 bits per heavy atom. The van der Waals surface area contributed by atoms with Crippen molar-refractivity contribution in [3.05, 3.63) is 27.5 Å². The van der Waals surface area contributed by atoms with Crippen LogP contribution < -0.4 is 10.6 Å². The molecule has 1 aliphatic heterocycles. The summed E-state index contributed by atoms with van der Waals surface area (Å²) in [4.78, 5) is 25.2. The molecule has 88 valence electrons. The van der Waals surface area contributed by atoms with E-state index >= 15 is 0 Å². The molecule has 1 aromatic rings. The molecule has 17 heavy (non-hydrogen) atoms. The van der Waals surface area contributed by atoms with Gasteiger partial charge in [-0.05, 0) is 36.8 Å². The molecule has 0 saturated carbocycles. The fourth-order valence-electron chi connectivity index (χ4n) is 1.41. The molecule has 1 aliphatic rings. The molecule has 2 rings (SSSR count). The first kappa shape index (κ1) is 11.9. The van der Waals surface area contributed by atoms with E-state index in [1.807, 2.05) is 12.1 Å². The van der Waals surface area contributed by atoms with Gasteiger partial charge >= 0.3 is 0 Å². The normalized spacial score (nSPS) is 15.6. The first-order chi connectivity index (χ1) is 8.10. The van der Waals surface area contributed by atoms with Crippen LogP contribution in [0.3, 0.4) is 0 Å². The van der Waals surface area contributed by atoms with E-state index in [1.165, 1.54) is 4.88 Å². The van der Waals surface area contributed by atoms with Gasteiger partial charge in [-0.25, -0.2) is 0 Å². The number of hydrogen-bond donors (Lipinski definition) is 2. The van der Waals surface area contributed by atoms with Gasteiger partial charge in [0.25, 0.3) is 11.8 Å². The maximum Gasteiger partial charge on any atom is 0.263 e. The van der Waals surface area contributed by atoms with Crippen LogP contribution in [0.2, 0.25) is 0 Å². The van der Waals surface area contributed by atoms with Gasteiger partial charge in [0, 0.05) is 9.75 Å². The molecule has 0 spiro atoms. The van der Waals surface area contributed by atoms with Crippen LogP contribution in [-0.2, 0) is 16.0 Å². The minimum atomic E-state index is -0.454. The molecule has 1 fully saturated rings. The maximum atomic E-state index is 11.6. The van der Waals surface area contributed by atoms with Crippen molar-refractivity contribution in [3.63, 3.8) is 0 Å². The zero-order valence-electron chi connectivity index (χ0n) is 9.07. The molecule has 2 heterocycles. The van der Waals surface area contributed by atoms with Gasteiger partial charge in [-0.3, -0.25) is 20.2 Å². The fourth-order valence-corrected chi connectivity index (χ4v) is 2.49. The lowest BCUT2D eigenvalue weighted by Gasteiger charge is -2.15. The quantitative estimate of drug-likeness (QED) is 0.481. The molecule has 0 atom stereocenters. The third kappa shape index (κ3) is 2.59. The number of aryl methyl sites for hydroxylation is 1. The summed E-state index contributed by atoms with van der Waals surface area (Å²) in [7, 11) is 0. The smallest absolute Gasteiger partial charge is 0.263 e. The minimum Gasteiger partial charge on any atom is -0.299 e. The number of carbonyl (C=O) groups excluding carboxylic acids is 2. The summed E-state index contributed by atoms with van der Waals surface area (Å²) < 4.78 is 0. The predicted molar refractivity (Wildman–Crippen MR) is 70.6 cm³/mol. The van der Waals surface area contributed by atoms with Gasteiger partial charge in [-0.2, -0.15) is 0 Å². The summed E-state index contributed by atoms with van der Waals surface area (Å²) in [5.41, 5.74) is 0.0862. The lowest BCUT2D eigenvalue weighted by Crippen LogP contribution is -2.51. The first-order valence-electron chi connectivity index (χ1n) is 5.07. The Balaban J connectivity index is 2.29. The third-order valence-electron chi connectivity index (χ3n) is 2.26. The van der Waals surface area contributed by atoms with Crippen LogP contribution in [0.5, 0.6) is 0 Å². The lowest BCUT2D eigenvalue weighted by molar-refractivity contribution is -0.123. The van der Waals surface area contributed by atoms with Crippen molar-refractivity contribution in [2.45, 2.75) is 13.3 Å². The molecule has 0 radical (unpaired) electrons. The van der Waals surface area contributed by atoms with E-state index in [0.29, 0.717) is 0 Å². The number of rotatable bonds is 2. The van der Waals surface area contributed by atoms with Gasteiger partial charge in [0.15, 0.2) is 5.11 Å². The molecule has 0 aromatic carbocycles. The van der Waals surface area contributed by atoms with E-state index < -0.39 is 11.8 Å². The van der Waals surface area contributed by atoms with Crippen LogP contribution in [-0.4, -0.2) is 16.9 Å². The number of thiophene rings is 1. The highest BCUT2D eigenvalue weighted by molar-refractivity contribution is 7.80. The summed E-state index contributed by atoms with van der Waals surface area (Å²) in [6.45, 7) is 2.06. The van der Waals surface area contributed by atoms with Crippen LogP contribution in [0.25, 0.3) is 6.08 Å². The fraction of sp³-hybridized carbons (Fsp3) is 0.182. The number of thiocarbonyl (C=S) groups is 1. The zero-order valence-corrected chi connectivity index (χ0v) is 10.7. The van der Waals surface area contributed by atoms with Gasteiger partial charge in [-0.1, -0.05) is 6.92 Å². The van der Waals surface area contributed by atoms with Gasteiger partial charge < -0.3 is 0 Å². The molecule has 0 bridgehead atoms. The number of carbonyl (C=O) groups is 2. The molecule has 2 amide bonds. The topological polar surface area (TPSA) is 58.2 Å². The number of hydrogen-bond acceptors (Lipinski definition) is 4. The van der Waals surface area contributed by atoms with E-state index in [-0.39, 0.29) is 10.7 Å². The third-order valence-corrected chi connectivity index (χ3v) is 3.64. The Kier molecular flexibility index (Phi) is 3.35. The van der Waals surface area contributed by atoms with E-state index in [2.05, 4.69) is 17.6 Å². The Labute approximate surface area is 108 Å². The largest absolute Gasteiger partial charge is 0.299 e. The molecule has 4 nitrogen and oxygen atoms in total.